The van der Waals surface area contributed by atoms with Gasteiger partial charge in [0.2, 0.25) is 0 Å². The van der Waals surface area contributed by atoms with Crippen molar-refractivity contribution in [3.63, 3.8) is 0 Å². The predicted octanol–water partition coefficient (Wildman–Crippen LogP) is 4.16. The second kappa shape index (κ2) is 7.82. The van der Waals surface area contributed by atoms with Crippen molar-refractivity contribution < 1.29 is 0 Å². The summed E-state index contributed by atoms with van der Waals surface area (Å²) in [6.07, 6.45) is 10.3. The van der Waals surface area contributed by atoms with Crippen LogP contribution < -0.4 is 5.32 Å². The molecule has 1 unspecified atom stereocenters. The van der Waals surface area contributed by atoms with E-state index in [1.165, 1.54) is 37.8 Å². The summed E-state index contributed by atoms with van der Waals surface area (Å²) in [6, 6.07) is 2.65. The number of rotatable bonds is 7. The summed E-state index contributed by atoms with van der Waals surface area (Å²) >= 11 is 0. The highest BCUT2D eigenvalue weighted by Crippen LogP contribution is 2.30. The van der Waals surface area contributed by atoms with E-state index in [9.17, 15) is 0 Å². The van der Waals surface area contributed by atoms with Gasteiger partial charge < -0.3 is 5.32 Å². The lowest BCUT2D eigenvalue weighted by atomic mass is 9.81. The van der Waals surface area contributed by atoms with Crippen LogP contribution in [0, 0.1) is 11.8 Å². The largest absolute Gasteiger partial charge is 0.311 e. The van der Waals surface area contributed by atoms with Crippen LogP contribution in [0.1, 0.15) is 71.0 Å². The maximum absolute atomic E-state index is 4.64. The zero-order valence-electron chi connectivity index (χ0n) is 13.4. The number of nitrogens with one attached hydrogen (secondary N) is 1. The maximum Gasteiger partial charge on any atom is 0.0762 e. The molecule has 0 saturated heterocycles. The first-order chi connectivity index (χ1) is 9.72. The van der Waals surface area contributed by atoms with Crippen molar-refractivity contribution in [3.05, 3.63) is 18.0 Å². The Labute approximate surface area is 124 Å². The van der Waals surface area contributed by atoms with Crippen molar-refractivity contribution in [1.29, 1.82) is 0 Å². The predicted molar refractivity (Wildman–Crippen MR) is 84.7 cm³/mol. The van der Waals surface area contributed by atoms with Gasteiger partial charge in [0.1, 0.15) is 0 Å². The van der Waals surface area contributed by atoms with Crippen molar-refractivity contribution in [2.24, 2.45) is 11.8 Å². The van der Waals surface area contributed by atoms with Crippen LogP contribution >= 0.6 is 0 Å². The second-order valence-electron chi connectivity index (χ2n) is 6.47. The Morgan fingerprint density at radius 1 is 1.25 bits per heavy atom. The minimum atomic E-state index is 0.507. The summed E-state index contributed by atoms with van der Waals surface area (Å²) in [5.41, 5.74) is 1.17. The lowest BCUT2D eigenvalue weighted by Gasteiger charge is -2.27. The molecule has 1 aromatic rings. The molecule has 3 nitrogen and oxygen atoms in total. The quantitative estimate of drug-likeness (QED) is 0.811. The number of hydrogen-bond donors (Lipinski definition) is 1. The molecule has 20 heavy (non-hydrogen) atoms. The van der Waals surface area contributed by atoms with Gasteiger partial charge in [-0.2, -0.15) is 5.10 Å². The van der Waals surface area contributed by atoms with Crippen LogP contribution in [0.4, 0.5) is 0 Å². The Morgan fingerprint density at radius 2 is 1.95 bits per heavy atom. The van der Waals surface area contributed by atoms with Gasteiger partial charge in [-0.15, -0.1) is 0 Å². The molecule has 0 spiro atoms. The first-order valence-corrected chi connectivity index (χ1v) is 8.47. The van der Waals surface area contributed by atoms with Gasteiger partial charge in [0, 0.05) is 18.8 Å². The molecule has 1 fully saturated rings. The zero-order valence-corrected chi connectivity index (χ0v) is 13.4. The van der Waals surface area contributed by atoms with Gasteiger partial charge in [-0.25, -0.2) is 0 Å². The van der Waals surface area contributed by atoms with Gasteiger partial charge in [-0.05, 0) is 50.6 Å². The van der Waals surface area contributed by atoms with Gasteiger partial charge in [0.15, 0.2) is 0 Å². The van der Waals surface area contributed by atoms with Gasteiger partial charge in [-0.1, -0.05) is 33.1 Å². The molecule has 3 heteroatoms. The van der Waals surface area contributed by atoms with Gasteiger partial charge in [-0.3, -0.25) is 4.68 Å². The van der Waals surface area contributed by atoms with Crippen molar-refractivity contribution in [2.75, 3.05) is 6.54 Å². The Bertz CT molecular complexity index is 377. The third kappa shape index (κ3) is 4.34. The van der Waals surface area contributed by atoms with Crippen molar-refractivity contribution >= 4 is 0 Å². The van der Waals surface area contributed by atoms with Crippen LogP contribution in [0.2, 0.25) is 0 Å². The standard InChI is InChI=1S/C17H31N3/c1-4-14(3)20-11-10-17(19-20)13-18-12-16-8-6-15(5-2)7-9-16/h10-11,14-16,18H,4-9,12-13H2,1-3H3. The Hall–Kier alpha value is -0.830. The van der Waals surface area contributed by atoms with E-state index in [4.69, 9.17) is 0 Å². The molecule has 1 heterocycles. The molecule has 1 N–H and O–H groups in total. The maximum atomic E-state index is 4.64. The SMILES string of the molecule is CCC1CCC(CNCc2ccn(C(C)CC)n2)CC1. The van der Waals surface area contributed by atoms with Crippen molar-refractivity contribution in [3.8, 4) is 0 Å². The van der Waals surface area contributed by atoms with E-state index in [0.29, 0.717) is 6.04 Å². The van der Waals surface area contributed by atoms with Crippen LogP contribution in [0.15, 0.2) is 12.3 Å². The van der Waals surface area contributed by atoms with Crippen LogP contribution in [0.3, 0.4) is 0 Å². The van der Waals surface area contributed by atoms with Crippen molar-refractivity contribution in [1.82, 2.24) is 15.1 Å². The molecule has 1 aromatic heterocycles. The smallest absolute Gasteiger partial charge is 0.0762 e. The Kier molecular flexibility index (Phi) is 6.08. The first-order valence-electron chi connectivity index (χ1n) is 8.47. The molecule has 0 aromatic carbocycles. The summed E-state index contributed by atoms with van der Waals surface area (Å²) in [4.78, 5) is 0. The van der Waals surface area contributed by atoms with Crippen LogP contribution in [0.25, 0.3) is 0 Å². The van der Waals surface area contributed by atoms with Crippen LogP contribution in [-0.2, 0) is 6.54 Å². The average Bonchev–Trinajstić information content (AvgIpc) is 2.96. The summed E-state index contributed by atoms with van der Waals surface area (Å²) in [5, 5.41) is 8.24. The Morgan fingerprint density at radius 3 is 2.60 bits per heavy atom. The molecular weight excluding hydrogens is 246 g/mol. The molecule has 1 aliphatic rings. The fourth-order valence-corrected chi connectivity index (χ4v) is 3.15. The van der Waals surface area contributed by atoms with Gasteiger partial charge >= 0.3 is 0 Å². The molecular formula is C17H31N3. The van der Waals surface area contributed by atoms with E-state index in [-0.39, 0.29) is 0 Å². The van der Waals surface area contributed by atoms with E-state index in [2.05, 4.69) is 48.1 Å². The second-order valence-corrected chi connectivity index (χ2v) is 6.47. The number of hydrogen-bond acceptors (Lipinski definition) is 2. The summed E-state index contributed by atoms with van der Waals surface area (Å²) < 4.78 is 2.09. The normalized spacial score (nSPS) is 24.8. The fourth-order valence-electron chi connectivity index (χ4n) is 3.15. The third-order valence-electron chi connectivity index (χ3n) is 4.99. The summed E-state index contributed by atoms with van der Waals surface area (Å²) in [5.74, 6) is 1.88. The summed E-state index contributed by atoms with van der Waals surface area (Å²) in [6.45, 7) is 8.83. The lowest BCUT2D eigenvalue weighted by Crippen LogP contribution is -2.26. The minimum absolute atomic E-state index is 0.507. The molecule has 0 radical (unpaired) electrons. The van der Waals surface area contributed by atoms with Gasteiger partial charge in [0.05, 0.1) is 5.69 Å². The molecule has 114 valence electrons. The topological polar surface area (TPSA) is 29.9 Å². The highest BCUT2D eigenvalue weighted by atomic mass is 15.3. The van der Waals surface area contributed by atoms with Gasteiger partial charge in [0.25, 0.3) is 0 Å². The molecule has 1 atom stereocenters. The highest BCUT2D eigenvalue weighted by molar-refractivity contribution is 4.99. The molecule has 0 bridgehead atoms. The minimum Gasteiger partial charge on any atom is -0.311 e. The van der Waals surface area contributed by atoms with Crippen molar-refractivity contribution in [2.45, 2.75) is 71.9 Å². The van der Waals surface area contributed by atoms with Crippen LogP contribution in [0.5, 0.6) is 0 Å². The highest BCUT2D eigenvalue weighted by Gasteiger charge is 2.19. The molecule has 0 amide bonds. The monoisotopic (exact) mass is 277 g/mol. The first kappa shape index (κ1) is 15.6. The van der Waals surface area contributed by atoms with E-state index in [0.717, 1.165) is 31.3 Å². The average molecular weight is 277 g/mol. The van der Waals surface area contributed by atoms with E-state index in [1.54, 1.807) is 0 Å². The number of nitrogens with zero attached hydrogens (tertiary/aromatic N) is 2. The Balaban J connectivity index is 1.67. The van der Waals surface area contributed by atoms with E-state index in [1.807, 2.05) is 0 Å². The molecule has 1 aliphatic carbocycles. The van der Waals surface area contributed by atoms with E-state index >= 15 is 0 Å². The third-order valence-corrected chi connectivity index (χ3v) is 4.99. The number of aromatic nitrogens is 2. The van der Waals surface area contributed by atoms with Crippen LogP contribution in [-0.4, -0.2) is 16.3 Å². The van der Waals surface area contributed by atoms with E-state index < -0.39 is 0 Å². The lowest BCUT2D eigenvalue weighted by molar-refractivity contribution is 0.262. The molecule has 1 saturated carbocycles. The zero-order chi connectivity index (χ0) is 14.4. The molecule has 0 aliphatic heterocycles. The molecule has 2 rings (SSSR count). The fraction of sp³-hybridized carbons (Fsp3) is 0.824. The summed E-state index contributed by atoms with van der Waals surface area (Å²) in [7, 11) is 0.